The second-order valence-electron chi connectivity index (χ2n) is 2.29. The molecule has 0 atom stereocenters. The fourth-order valence-corrected chi connectivity index (χ4v) is 0.553. The van der Waals surface area contributed by atoms with Gasteiger partial charge in [-0.05, 0) is 6.42 Å². The van der Waals surface area contributed by atoms with Crippen LogP contribution in [-0.4, -0.2) is 24.4 Å². The van der Waals surface area contributed by atoms with E-state index in [1.54, 1.807) is 11.8 Å². The Morgan fingerprint density at radius 2 is 1.54 bits per heavy atom. The number of unbranched alkanes of at least 4 members (excludes halogenated alkanes) is 1. The van der Waals surface area contributed by atoms with E-state index >= 15 is 0 Å². The van der Waals surface area contributed by atoms with Gasteiger partial charge in [-0.1, -0.05) is 41.0 Å². The van der Waals surface area contributed by atoms with Crippen molar-refractivity contribution < 1.29 is 4.79 Å². The highest BCUT2D eigenvalue weighted by molar-refractivity contribution is 5.72. The largest absolute Gasteiger partial charge is 0.346 e. The van der Waals surface area contributed by atoms with Crippen LogP contribution in [0.2, 0.25) is 0 Å². The third-order valence-electron chi connectivity index (χ3n) is 1.38. The number of rotatable bonds is 3. The Balaban J connectivity index is -0.000000218. The van der Waals surface area contributed by atoms with Crippen molar-refractivity contribution in [3.8, 4) is 0 Å². The Morgan fingerprint density at radius 3 is 1.77 bits per heavy atom. The summed E-state index contributed by atoms with van der Waals surface area (Å²) in [6.45, 7) is 12.6. The van der Waals surface area contributed by atoms with Crippen LogP contribution < -0.4 is 0 Å². The van der Waals surface area contributed by atoms with Crippen molar-refractivity contribution in [2.45, 2.75) is 54.4 Å². The summed E-state index contributed by atoms with van der Waals surface area (Å²) in [5.74, 6) is 0.156. The average Bonchev–Trinajstić information content (AvgIpc) is 2.20. The average molecular weight is 189 g/mol. The van der Waals surface area contributed by atoms with Gasteiger partial charge in [0.1, 0.15) is 0 Å². The maximum atomic E-state index is 10.6. The van der Waals surface area contributed by atoms with Crippen LogP contribution in [0.5, 0.6) is 0 Å². The molecule has 0 N–H and O–H groups in total. The summed E-state index contributed by atoms with van der Waals surface area (Å²) in [5.41, 5.74) is 0. The Kier molecular flexibility index (Phi) is 24.7. The van der Waals surface area contributed by atoms with E-state index in [0.717, 1.165) is 19.4 Å². The van der Waals surface area contributed by atoms with E-state index in [2.05, 4.69) is 6.92 Å². The fourth-order valence-electron chi connectivity index (χ4n) is 0.553. The van der Waals surface area contributed by atoms with E-state index in [4.69, 9.17) is 0 Å². The number of carbonyl (C=O) groups excluding carboxylic acids is 1. The van der Waals surface area contributed by atoms with Crippen LogP contribution in [-0.2, 0) is 4.79 Å². The predicted molar refractivity (Wildman–Crippen MR) is 60.9 cm³/mol. The van der Waals surface area contributed by atoms with Crippen LogP contribution in [0.3, 0.4) is 0 Å². The summed E-state index contributed by atoms with van der Waals surface area (Å²) in [6.07, 6.45) is 2.26. The van der Waals surface area contributed by atoms with Gasteiger partial charge in [0.15, 0.2) is 0 Å². The maximum Gasteiger partial charge on any atom is 0.219 e. The molecule has 0 radical (unpaired) electrons. The van der Waals surface area contributed by atoms with E-state index in [1.165, 1.54) is 0 Å². The summed E-state index contributed by atoms with van der Waals surface area (Å²) in [4.78, 5) is 12.3. The number of hydrogen-bond acceptors (Lipinski definition) is 1. The minimum Gasteiger partial charge on any atom is -0.346 e. The number of nitrogens with zero attached hydrogens (tertiary/aromatic N) is 1. The van der Waals surface area contributed by atoms with E-state index in [1.807, 2.05) is 34.7 Å². The quantitative estimate of drug-likeness (QED) is 0.667. The minimum atomic E-state index is 0.156. The van der Waals surface area contributed by atoms with E-state index < -0.39 is 0 Å². The zero-order valence-electron chi connectivity index (χ0n) is 10.5. The topological polar surface area (TPSA) is 20.3 Å². The summed E-state index contributed by atoms with van der Waals surface area (Å²) >= 11 is 0. The maximum absolute atomic E-state index is 10.6. The molecule has 0 aromatic carbocycles. The number of amides is 1. The van der Waals surface area contributed by atoms with Gasteiger partial charge in [0.05, 0.1) is 0 Å². The molecule has 1 amide bonds. The molecule has 0 aliphatic rings. The van der Waals surface area contributed by atoms with Crippen LogP contribution in [0.15, 0.2) is 0 Å². The van der Waals surface area contributed by atoms with Crippen molar-refractivity contribution in [3.05, 3.63) is 0 Å². The highest BCUT2D eigenvalue weighted by Crippen LogP contribution is 1.90. The first-order chi connectivity index (χ1) is 6.18. The van der Waals surface area contributed by atoms with E-state index in [-0.39, 0.29) is 5.91 Å². The van der Waals surface area contributed by atoms with Crippen molar-refractivity contribution in [1.82, 2.24) is 4.90 Å². The highest BCUT2D eigenvalue weighted by atomic mass is 16.2. The predicted octanol–water partition coefficient (Wildman–Crippen LogP) is 3.32. The lowest BCUT2D eigenvalue weighted by molar-refractivity contribution is -0.127. The molecule has 0 unspecified atom stereocenters. The van der Waals surface area contributed by atoms with Crippen molar-refractivity contribution in [2.75, 3.05) is 13.6 Å². The zero-order chi connectivity index (χ0) is 11.3. The van der Waals surface area contributed by atoms with Gasteiger partial charge in [0.25, 0.3) is 0 Å². The Bertz CT molecular complexity index is 92.1. The van der Waals surface area contributed by atoms with Crippen molar-refractivity contribution >= 4 is 5.91 Å². The molecular weight excluding hydrogens is 162 g/mol. The first kappa shape index (κ1) is 18.3. The standard InChI is InChI=1S/C7H15NO.2C2H6/c1-4-5-6-8(3)7(2)9;2*1-2/h4-6H2,1-3H3;2*1-2H3. The second kappa shape index (κ2) is 17.5. The van der Waals surface area contributed by atoms with Gasteiger partial charge >= 0.3 is 0 Å². The van der Waals surface area contributed by atoms with Gasteiger partial charge in [-0.15, -0.1) is 0 Å². The molecule has 0 aromatic heterocycles. The lowest BCUT2D eigenvalue weighted by atomic mass is 10.3. The molecular formula is C11H27NO. The third-order valence-corrected chi connectivity index (χ3v) is 1.38. The SMILES string of the molecule is CC.CC.CCCCN(C)C(C)=O. The van der Waals surface area contributed by atoms with Gasteiger partial charge in [0.2, 0.25) is 5.91 Å². The first-order valence-electron chi connectivity index (χ1n) is 5.40. The summed E-state index contributed by atoms with van der Waals surface area (Å²) < 4.78 is 0. The van der Waals surface area contributed by atoms with Crippen molar-refractivity contribution in [3.63, 3.8) is 0 Å². The van der Waals surface area contributed by atoms with Crippen LogP contribution in [0.25, 0.3) is 0 Å². The van der Waals surface area contributed by atoms with Crippen LogP contribution in [0.1, 0.15) is 54.4 Å². The van der Waals surface area contributed by atoms with E-state index in [0.29, 0.717) is 0 Å². The monoisotopic (exact) mass is 189 g/mol. The molecule has 0 saturated heterocycles. The van der Waals surface area contributed by atoms with Gasteiger partial charge in [0, 0.05) is 20.5 Å². The van der Waals surface area contributed by atoms with Crippen LogP contribution in [0.4, 0.5) is 0 Å². The normalized spacial score (nSPS) is 7.31. The molecule has 13 heavy (non-hydrogen) atoms. The van der Waals surface area contributed by atoms with Crippen molar-refractivity contribution in [1.29, 1.82) is 0 Å². The van der Waals surface area contributed by atoms with Crippen LogP contribution in [0, 0.1) is 0 Å². The zero-order valence-corrected chi connectivity index (χ0v) is 10.5. The molecule has 2 heteroatoms. The molecule has 0 saturated carbocycles. The Labute approximate surface area is 84.3 Å². The summed E-state index contributed by atoms with van der Waals surface area (Å²) in [6, 6.07) is 0. The van der Waals surface area contributed by atoms with Crippen LogP contribution >= 0.6 is 0 Å². The highest BCUT2D eigenvalue weighted by Gasteiger charge is 1.98. The third kappa shape index (κ3) is 18.4. The lowest BCUT2D eigenvalue weighted by Gasteiger charge is -2.12. The summed E-state index contributed by atoms with van der Waals surface area (Å²) in [5, 5.41) is 0. The lowest BCUT2D eigenvalue weighted by Crippen LogP contribution is -2.24. The first-order valence-corrected chi connectivity index (χ1v) is 5.40. The molecule has 0 aliphatic carbocycles. The second-order valence-corrected chi connectivity index (χ2v) is 2.29. The number of hydrogen-bond donors (Lipinski definition) is 0. The van der Waals surface area contributed by atoms with E-state index in [9.17, 15) is 4.79 Å². The van der Waals surface area contributed by atoms with Crippen molar-refractivity contribution in [2.24, 2.45) is 0 Å². The summed E-state index contributed by atoms with van der Waals surface area (Å²) in [7, 11) is 1.83. The Morgan fingerprint density at radius 1 is 1.15 bits per heavy atom. The molecule has 0 heterocycles. The van der Waals surface area contributed by atoms with Gasteiger partial charge in [-0.25, -0.2) is 0 Å². The molecule has 0 aliphatic heterocycles. The molecule has 0 fully saturated rings. The van der Waals surface area contributed by atoms with Gasteiger partial charge in [-0.3, -0.25) is 4.79 Å². The van der Waals surface area contributed by atoms with Gasteiger partial charge < -0.3 is 4.90 Å². The fraction of sp³-hybridized carbons (Fsp3) is 0.909. The molecule has 0 aromatic rings. The number of carbonyl (C=O) groups is 1. The molecule has 2 nitrogen and oxygen atoms in total. The van der Waals surface area contributed by atoms with Gasteiger partial charge in [-0.2, -0.15) is 0 Å². The smallest absolute Gasteiger partial charge is 0.219 e. The molecule has 0 rings (SSSR count). The molecule has 0 bridgehead atoms. The Hall–Kier alpha value is -0.530. The molecule has 82 valence electrons. The minimum absolute atomic E-state index is 0.156. The molecule has 0 spiro atoms.